The van der Waals surface area contributed by atoms with Crippen molar-refractivity contribution in [1.82, 2.24) is 0 Å². The maximum Gasteiger partial charge on any atom is 0.361 e. The summed E-state index contributed by atoms with van der Waals surface area (Å²) in [5.41, 5.74) is 0. The molecule has 9 heteroatoms. The lowest BCUT2D eigenvalue weighted by atomic mass is 10.0. The van der Waals surface area contributed by atoms with E-state index in [0.717, 1.165) is 96.3 Å². The third-order valence-electron chi connectivity index (χ3n) is 12.6. The number of carbonyl (C=O) groups is 3. The SMILES string of the molecule is CC/C=C\C/C=C\C/C=C\C/C=C\CCCCCCCCCCCCCCCCCCCCC(=O)OC(COC(=O)CCCCCCCCC/C=C\C/C=C\C/C=C\CC)COC(OCC[N+](C)(C)C)C(=O)O. The van der Waals surface area contributed by atoms with Crippen molar-refractivity contribution in [1.29, 1.82) is 0 Å². The van der Waals surface area contributed by atoms with Crippen LogP contribution in [0.1, 0.15) is 245 Å². The molecule has 420 valence electrons. The van der Waals surface area contributed by atoms with Crippen LogP contribution < -0.4 is 0 Å². The average molecular weight is 1020 g/mol. The number of nitrogens with zero attached hydrogens (tertiary/aromatic N) is 1. The van der Waals surface area contributed by atoms with E-state index in [1.165, 1.54) is 122 Å². The van der Waals surface area contributed by atoms with E-state index in [4.69, 9.17) is 18.9 Å². The number of hydrogen-bond acceptors (Lipinski definition) is 7. The van der Waals surface area contributed by atoms with Crippen molar-refractivity contribution in [3.63, 3.8) is 0 Å². The van der Waals surface area contributed by atoms with Gasteiger partial charge < -0.3 is 28.5 Å². The molecular weight excluding hydrogens is 911 g/mol. The Morgan fingerprint density at radius 3 is 1.10 bits per heavy atom. The standard InChI is InChI=1S/C64H111NO8/c1-6-8-10-12-14-16-18-20-22-24-25-26-27-28-29-30-31-32-33-34-35-36-37-39-41-43-45-47-49-51-53-55-62(67)73-60(59-72-64(63(68)69)70-57-56-65(3,4)5)58-71-61(66)54-52-50-48-46-44-42-40-38-23-21-19-17-15-13-11-9-7-2/h8-11,14-17,20-23,25-26,60,64H,6-7,12-13,18-19,24,27-59H2,1-5H3/p+1/b10-8-,11-9-,16-14-,17-15-,22-20-,23-21-,26-25-. The summed E-state index contributed by atoms with van der Waals surface area (Å²) in [6.07, 6.45) is 69.6. The third kappa shape index (κ3) is 56.0. The van der Waals surface area contributed by atoms with Gasteiger partial charge in [-0.3, -0.25) is 9.59 Å². The predicted molar refractivity (Wildman–Crippen MR) is 309 cm³/mol. The number of likely N-dealkylation sites (N-methyl/N-ethyl adjacent to an activating group) is 1. The first-order chi connectivity index (χ1) is 35.6. The van der Waals surface area contributed by atoms with E-state index in [0.29, 0.717) is 11.0 Å². The van der Waals surface area contributed by atoms with Gasteiger partial charge in [0, 0.05) is 12.8 Å². The summed E-state index contributed by atoms with van der Waals surface area (Å²) in [5.74, 6) is -2.01. The number of esters is 2. The van der Waals surface area contributed by atoms with Crippen molar-refractivity contribution in [2.75, 3.05) is 47.5 Å². The van der Waals surface area contributed by atoms with Crippen LogP contribution in [0.3, 0.4) is 0 Å². The molecule has 9 nitrogen and oxygen atoms in total. The third-order valence-corrected chi connectivity index (χ3v) is 12.6. The minimum atomic E-state index is -1.51. The van der Waals surface area contributed by atoms with E-state index < -0.39 is 24.3 Å². The predicted octanol–water partition coefficient (Wildman–Crippen LogP) is 17.6. The molecule has 0 aliphatic heterocycles. The van der Waals surface area contributed by atoms with E-state index in [1.807, 2.05) is 21.1 Å². The molecule has 0 aromatic rings. The highest BCUT2D eigenvalue weighted by atomic mass is 16.7. The summed E-state index contributed by atoms with van der Waals surface area (Å²) in [7, 11) is 5.96. The summed E-state index contributed by atoms with van der Waals surface area (Å²) >= 11 is 0. The first kappa shape index (κ1) is 69.5. The van der Waals surface area contributed by atoms with E-state index in [2.05, 4.69) is 98.9 Å². The lowest BCUT2D eigenvalue weighted by Crippen LogP contribution is -2.40. The molecule has 1 N–H and O–H groups in total. The Bertz CT molecular complexity index is 1470. The van der Waals surface area contributed by atoms with Crippen LogP contribution in [-0.4, -0.2) is 87.4 Å². The molecule has 0 amide bonds. The number of carboxylic acid groups (broad SMARTS) is 1. The van der Waals surface area contributed by atoms with Gasteiger partial charge in [-0.25, -0.2) is 4.79 Å². The van der Waals surface area contributed by atoms with Gasteiger partial charge in [0.25, 0.3) is 6.29 Å². The Kier molecular flexibility index (Phi) is 52.1. The molecule has 0 bridgehead atoms. The molecule has 0 aromatic heterocycles. The second kappa shape index (κ2) is 54.7. The first-order valence-corrected chi connectivity index (χ1v) is 29.8. The molecule has 73 heavy (non-hydrogen) atoms. The van der Waals surface area contributed by atoms with Crippen LogP contribution in [0.2, 0.25) is 0 Å². The van der Waals surface area contributed by atoms with Gasteiger partial charge in [0.1, 0.15) is 13.2 Å². The highest BCUT2D eigenvalue weighted by Crippen LogP contribution is 2.16. The fourth-order valence-corrected chi connectivity index (χ4v) is 8.14. The number of carboxylic acids is 1. The molecule has 0 rings (SSSR count). The molecule has 2 unspecified atom stereocenters. The van der Waals surface area contributed by atoms with E-state index >= 15 is 0 Å². The minimum absolute atomic E-state index is 0.184. The van der Waals surface area contributed by atoms with Crippen LogP contribution in [0.5, 0.6) is 0 Å². The van der Waals surface area contributed by atoms with Crippen LogP contribution in [0.25, 0.3) is 0 Å². The molecule has 0 saturated carbocycles. The monoisotopic (exact) mass is 1020 g/mol. The second-order valence-corrected chi connectivity index (χ2v) is 20.9. The van der Waals surface area contributed by atoms with Crippen LogP contribution in [0, 0.1) is 0 Å². The number of hydrogen-bond donors (Lipinski definition) is 1. The fourth-order valence-electron chi connectivity index (χ4n) is 8.14. The Morgan fingerprint density at radius 1 is 0.411 bits per heavy atom. The van der Waals surface area contributed by atoms with Crippen molar-refractivity contribution in [3.05, 3.63) is 85.1 Å². The Labute approximate surface area is 449 Å². The number of rotatable bonds is 54. The quantitative estimate of drug-likeness (QED) is 0.0211. The first-order valence-electron chi connectivity index (χ1n) is 29.8. The van der Waals surface area contributed by atoms with Crippen molar-refractivity contribution in [3.8, 4) is 0 Å². The molecule has 0 aliphatic carbocycles. The maximum absolute atomic E-state index is 12.9. The van der Waals surface area contributed by atoms with Gasteiger partial charge in [-0.15, -0.1) is 0 Å². The number of allylic oxidation sites excluding steroid dienone is 14. The van der Waals surface area contributed by atoms with Crippen LogP contribution >= 0.6 is 0 Å². The Balaban J connectivity index is 4.15. The molecule has 0 radical (unpaired) electrons. The zero-order valence-electron chi connectivity index (χ0n) is 47.8. The number of aliphatic carboxylic acids is 1. The average Bonchev–Trinajstić information content (AvgIpc) is 3.36. The fraction of sp³-hybridized carbons (Fsp3) is 0.734. The zero-order valence-corrected chi connectivity index (χ0v) is 47.8. The molecule has 0 aromatic carbocycles. The maximum atomic E-state index is 12.9. The van der Waals surface area contributed by atoms with Crippen LogP contribution in [0.15, 0.2) is 85.1 Å². The molecule has 0 heterocycles. The van der Waals surface area contributed by atoms with Gasteiger partial charge in [-0.2, -0.15) is 0 Å². The summed E-state index contributed by atoms with van der Waals surface area (Å²) in [4.78, 5) is 37.4. The summed E-state index contributed by atoms with van der Waals surface area (Å²) in [6.45, 7) is 4.65. The van der Waals surface area contributed by atoms with Gasteiger partial charge in [0.15, 0.2) is 6.10 Å². The number of unbranched alkanes of at least 4 members (excludes halogenated alkanes) is 25. The van der Waals surface area contributed by atoms with Gasteiger partial charge in [-0.1, -0.05) is 234 Å². The van der Waals surface area contributed by atoms with Gasteiger partial charge in [0.2, 0.25) is 0 Å². The zero-order chi connectivity index (χ0) is 53.4. The molecule has 0 saturated heterocycles. The van der Waals surface area contributed by atoms with Gasteiger partial charge in [0.05, 0.1) is 34.4 Å². The molecule has 0 fully saturated rings. The van der Waals surface area contributed by atoms with Crippen molar-refractivity contribution >= 4 is 17.9 Å². The van der Waals surface area contributed by atoms with Crippen LogP contribution in [-0.2, 0) is 33.3 Å². The topological polar surface area (TPSA) is 108 Å². The van der Waals surface area contributed by atoms with Crippen molar-refractivity contribution in [2.24, 2.45) is 0 Å². The highest BCUT2D eigenvalue weighted by molar-refractivity contribution is 5.71. The van der Waals surface area contributed by atoms with Crippen LogP contribution in [0.4, 0.5) is 0 Å². The second-order valence-electron chi connectivity index (χ2n) is 20.9. The molecule has 2 atom stereocenters. The Morgan fingerprint density at radius 2 is 0.740 bits per heavy atom. The van der Waals surface area contributed by atoms with E-state index in [-0.39, 0.29) is 38.6 Å². The summed E-state index contributed by atoms with van der Waals surface area (Å²) < 4.78 is 22.9. The normalized spacial score (nSPS) is 13.4. The van der Waals surface area contributed by atoms with Crippen molar-refractivity contribution in [2.45, 2.75) is 257 Å². The summed E-state index contributed by atoms with van der Waals surface area (Å²) in [6, 6.07) is 0. The lowest BCUT2D eigenvalue weighted by Gasteiger charge is -2.25. The molecule has 0 aliphatic rings. The van der Waals surface area contributed by atoms with Crippen molar-refractivity contribution < 1.29 is 42.9 Å². The Hall–Kier alpha value is -3.53. The van der Waals surface area contributed by atoms with Gasteiger partial charge in [-0.05, 0) is 83.5 Å². The molecule has 0 spiro atoms. The minimum Gasteiger partial charge on any atom is -0.477 e. The number of carbonyl (C=O) groups excluding carboxylic acids is 2. The van der Waals surface area contributed by atoms with E-state index in [1.54, 1.807) is 0 Å². The lowest BCUT2D eigenvalue weighted by molar-refractivity contribution is -0.870. The number of ether oxygens (including phenoxy) is 4. The number of quaternary nitrogens is 1. The summed E-state index contributed by atoms with van der Waals surface area (Å²) in [5, 5.41) is 9.70. The van der Waals surface area contributed by atoms with Gasteiger partial charge >= 0.3 is 17.9 Å². The smallest absolute Gasteiger partial charge is 0.361 e. The molecular formula is C64H112NO8+. The van der Waals surface area contributed by atoms with E-state index in [9.17, 15) is 19.5 Å². The largest absolute Gasteiger partial charge is 0.477 e. The highest BCUT2D eigenvalue weighted by Gasteiger charge is 2.25.